The minimum absolute atomic E-state index is 0.531. The zero-order valence-electron chi connectivity index (χ0n) is 13.3. The molecule has 0 aromatic heterocycles. The predicted octanol–water partition coefficient (Wildman–Crippen LogP) is 5.06. The van der Waals surface area contributed by atoms with Crippen molar-refractivity contribution in [2.45, 2.75) is 0 Å². The Morgan fingerprint density at radius 1 is 0.680 bits per heavy atom. The molecule has 1 nitrogen and oxygen atoms in total. The Morgan fingerprint density at radius 3 is 1.72 bits per heavy atom. The molecule has 118 valence electrons. The van der Waals surface area contributed by atoms with Crippen molar-refractivity contribution in [1.29, 1.82) is 0 Å². The molecule has 0 aliphatic carbocycles. The third-order valence-electron chi connectivity index (χ3n) is 3.50. The molecule has 0 unspecified atom stereocenters. The van der Waals surface area contributed by atoms with Crippen LogP contribution < -0.4 is 0 Å². The minimum atomic E-state index is 0.531. The van der Waals surface area contributed by atoms with Crippen LogP contribution in [0.2, 0.25) is 0 Å². The highest BCUT2D eigenvalue weighted by Gasteiger charge is 2.05. The predicted molar refractivity (Wildman–Crippen MR) is 104 cm³/mol. The average molecular weight is 385 g/mol. The van der Waals surface area contributed by atoms with Gasteiger partial charge in [-0.25, -0.2) is 0 Å². The van der Waals surface area contributed by atoms with Crippen molar-refractivity contribution in [3.8, 4) is 23.7 Å². The SMILES string of the molecule is O=Cc1cc(C#Cc2ccccc2)c(Br)cc1C#Cc1ccccc1. The van der Waals surface area contributed by atoms with Crippen LogP contribution in [0.4, 0.5) is 0 Å². The van der Waals surface area contributed by atoms with Crippen molar-refractivity contribution in [3.63, 3.8) is 0 Å². The molecule has 0 bridgehead atoms. The number of halogens is 1. The molecule has 25 heavy (non-hydrogen) atoms. The topological polar surface area (TPSA) is 17.1 Å². The molecule has 3 rings (SSSR count). The van der Waals surface area contributed by atoms with Gasteiger partial charge < -0.3 is 0 Å². The molecule has 0 amide bonds. The van der Waals surface area contributed by atoms with Gasteiger partial charge in [-0.3, -0.25) is 4.79 Å². The Morgan fingerprint density at radius 2 is 1.20 bits per heavy atom. The smallest absolute Gasteiger partial charge is 0.151 e. The summed E-state index contributed by atoms with van der Waals surface area (Å²) in [5.74, 6) is 12.3. The molecule has 0 aliphatic rings. The first-order valence-corrected chi connectivity index (χ1v) is 8.48. The maximum atomic E-state index is 11.4. The van der Waals surface area contributed by atoms with Gasteiger partial charge >= 0.3 is 0 Å². The highest BCUT2D eigenvalue weighted by molar-refractivity contribution is 9.10. The molecule has 0 fully saturated rings. The number of hydrogen-bond acceptors (Lipinski definition) is 1. The van der Waals surface area contributed by atoms with Crippen molar-refractivity contribution < 1.29 is 4.79 Å². The van der Waals surface area contributed by atoms with Crippen molar-refractivity contribution >= 4 is 22.2 Å². The maximum absolute atomic E-state index is 11.4. The fourth-order valence-electron chi connectivity index (χ4n) is 2.21. The van der Waals surface area contributed by atoms with Gasteiger partial charge in [0.15, 0.2) is 6.29 Å². The van der Waals surface area contributed by atoms with E-state index < -0.39 is 0 Å². The van der Waals surface area contributed by atoms with Crippen LogP contribution >= 0.6 is 15.9 Å². The second-order valence-corrected chi connectivity index (χ2v) is 6.12. The number of benzene rings is 3. The van der Waals surface area contributed by atoms with E-state index in [9.17, 15) is 4.79 Å². The van der Waals surface area contributed by atoms with E-state index in [2.05, 4.69) is 39.6 Å². The van der Waals surface area contributed by atoms with Crippen molar-refractivity contribution in [2.24, 2.45) is 0 Å². The lowest BCUT2D eigenvalue weighted by atomic mass is 10.0. The molecule has 0 heterocycles. The van der Waals surface area contributed by atoms with E-state index in [0.717, 1.165) is 27.4 Å². The Balaban J connectivity index is 1.96. The highest BCUT2D eigenvalue weighted by Crippen LogP contribution is 2.21. The van der Waals surface area contributed by atoms with Crippen LogP contribution in [0.3, 0.4) is 0 Å². The molecule has 0 radical (unpaired) electrons. The number of carbonyl (C=O) groups excluding carboxylic acids is 1. The average Bonchev–Trinajstić information content (AvgIpc) is 2.67. The third-order valence-corrected chi connectivity index (χ3v) is 4.15. The van der Waals surface area contributed by atoms with Crippen LogP contribution in [0.1, 0.15) is 32.6 Å². The summed E-state index contributed by atoms with van der Waals surface area (Å²) in [5, 5.41) is 0. The lowest BCUT2D eigenvalue weighted by molar-refractivity contribution is 0.112. The summed E-state index contributed by atoms with van der Waals surface area (Å²) in [4.78, 5) is 11.4. The number of aldehydes is 1. The summed E-state index contributed by atoms with van der Waals surface area (Å²) in [7, 11) is 0. The number of hydrogen-bond donors (Lipinski definition) is 0. The van der Waals surface area contributed by atoms with E-state index in [0.29, 0.717) is 11.1 Å². The second-order valence-electron chi connectivity index (χ2n) is 5.27. The molecule has 0 saturated heterocycles. The van der Waals surface area contributed by atoms with Crippen LogP contribution in [0.15, 0.2) is 77.3 Å². The van der Waals surface area contributed by atoms with Gasteiger partial charge in [-0.1, -0.05) is 60.1 Å². The van der Waals surface area contributed by atoms with Gasteiger partial charge in [-0.05, 0) is 52.3 Å². The van der Waals surface area contributed by atoms with Gasteiger partial charge in [-0.2, -0.15) is 0 Å². The quantitative estimate of drug-likeness (QED) is 0.423. The van der Waals surface area contributed by atoms with E-state index in [1.165, 1.54) is 0 Å². The van der Waals surface area contributed by atoms with Gasteiger partial charge in [-0.15, -0.1) is 0 Å². The molecule has 2 heteroatoms. The maximum Gasteiger partial charge on any atom is 0.151 e. The Hall–Kier alpha value is -3.07. The molecule has 0 atom stereocenters. The van der Waals surface area contributed by atoms with Crippen LogP contribution in [0, 0.1) is 23.7 Å². The third kappa shape index (κ3) is 4.48. The van der Waals surface area contributed by atoms with E-state index in [1.54, 1.807) is 6.07 Å². The standard InChI is InChI=1S/C23H13BrO/c24-23-16-20(13-11-18-7-3-1-4-8-18)22(17-25)15-21(23)14-12-19-9-5-2-6-10-19/h1-10,15-17H. The largest absolute Gasteiger partial charge is 0.298 e. The molecule has 3 aromatic rings. The summed E-state index contributed by atoms with van der Waals surface area (Å²) in [6.45, 7) is 0. The Labute approximate surface area is 155 Å². The molecule has 3 aromatic carbocycles. The molecule has 0 spiro atoms. The fraction of sp³-hybridized carbons (Fsp3) is 0. The summed E-state index contributed by atoms with van der Waals surface area (Å²) < 4.78 is 0.818. The molecule has 0 aliphatic heterocycles. The van der Waals surface area contributed by atoms with Gasteiger partial charge in [0.2, 0.25) is 0 Å². The first-order valence-electron chi connectivity index (χ1n) is 7.69. The Kier molecular flexibility index (Phi) is 5.47. The van der Waals surface area contributed by atoms with Gasteiger partial charge in [0.1, 0.15) is 0 Å². The number of rotatable bonds is 1. The Bertz CT molecular complexity index is 1010. The van der Waals surface area contributed by atoms with E-state index in [1.807, 2.05) is 66.7 Å². The van der Waals surface area contributed by atoms with Crippen LogP contribution in [-0.4, -0.2) is 6.29 Å². The van der Waals surface area contributed by atoms with Crippen LogP contribution in [-0.2, 0) is 0 Å². The highest BCUT2D eigenvalue weighted by atomic mass is 79.9. The molecular formula is C23H13BrO. The van der Waals surface area contributed by atoms with E-state index in [-0.39, 0.29) is 0 Å². The first kappa shape index (κ1) is 16.8. The lowest BCUT2D eigenvalue weighted by Crippen LogP contribution is -1.91. The van der Waals surface area contributed by atoms with E-state index >= 15 is 0 Å². The summed E-state index contributed by atoms with van der Waals surface area (Å²) >= 11 is 3.52. The monoisotopic (exact) mass is 384 g/mol. The van der Waals surface area contributed by atoms with Crippen LogP contribution in [0.25, 0.3) is 0 Å². The van der Waals surface area contributed by atoms with Crippen molar-refractivity contribution in [1.82, 2.24) is 0 Å². The summed E-state index contributed by atoms with van der Waals surface area (Å²) in [5.41, 5.74) is 3.80. The first-order chi connectivity index (χ1) is 12.3. The van der Waals surface area contributed by atoms with Gasteiger partial charge in [0.25, 0.3) is 0 Å². The zero-order chi connectivity index (χ0) is 17.5. The van der Waals surface area contributed by atoms with Gasteiger partial charge in [0.05, 0.1) is 0 Å². The second kappa shape index (κ2) is 8.15. The fourth-order valence-corrected chi connectivity index (χ4v) is 2.66. The van der Waals surface area contributed by atoms with Crippen molar-refractivity contribution in [3.05, 3.63) is 105 Å². The molecule has 0 saturated carbocycles. The van der Waals surface area contributed by atoms with Crippen molar-refractivity contribution in [2.75, 3.05) is 0 Å². The summed E-state index contributed by atoms with van der Waals surface area (Å²) in [6, 6.07) is 23.0. The molecular weight excluding hydrogens is 372 g/mol. The van der Waals surface area contributed by atoms with Gasteiger partial charge in [0, 0.05) is 32.3 Å². The number of carbonyl (C=O) groups is 1. The normalized spacial score (nSPS) is 9.32. The zero-order valence-corrected chi connectivity index (χ0v) is 14.9. The summed E-state index contributed by atoms with van der Waals surface area (Å²) in [6.07, 6.45) is 0.815. The van der Waals surface area contributed by atoms with E-state index in [4.69, 9.17) is 0 Å². The minimum Gasteiger partial charge on any atom is -0.298 e. The molecule has 0 N–H and O–H groups in total. The van der Waals surface area contributed by atoms with Crippen LogP contribution in [0.5, 0.6) is 0 Å². The lowest BCUT2D eigenvalue weighted by Gasteiger charge is -2.02.